The molecule has 0 heterocycles. The fraction of sp³-hybridized carbons (Fsp3) is 0.923. The summed E-state index contributed by atoms with van der Waals surface area (Å²) in [5.41, 5.74) is 0. The number of carbonyl (C=O) groups excluding carboxylic acids is 1. The summed E-state index contributed by atoms with van der Waals surface area (Å²) in [5, 5.41) is 0. The maximum absolute atomic E-state index is 13.2. The minimum absolute atomic E-state index is 0.00540. The number of unbranched alkanes of at least 4 members (excludes halogenated alkanes) is 6. The number of hydrogen-bond acceptors (Lipinski definition) is 2. The van der Waals surface area contributed by atoms with Gasteiger partial charge >= 0.3 is 11.9 Å². The maximum Gasteiger partial charge on any atom is 0.376 e. The SMILES string of the molecule is CCCCCCCCCC(F)(F)C(=O)OCC. The molecule has 0 atom stereocenters. The Balaban J connectivity index is 3.55. The van der Waals surface area contributed by atoms with Crippen LogP contribution in [0.2, 0.25) is 0 Å². The van der Waals surface area contributed by atoms with Crippen LogP contribution < -0.4 is 0 Å². The number of hydrogen-bond donors (Lipinski definition) is 0. The summed E-state index contributed by atoms with van der Waals surface area (Å²) >= 11 is 0. The Morgan fingerprint density at radius 3 is 2.06 bits per heavy atom. The monoisotopic (exact) mass is 250 g/mol. The number of alkyl halides is 2. The van der Waals surface area contributed by atoms with Crippen LogP contribution in [-0.2, 0) is 9.53 Å². The number of esters is 1. The number of ether oxygens (including phenoxy) is 1. The zero-order valence-corrected chi connectivity index (χ0v) is 10.9. The molecular formula is C13H24F2O2. The lowest BCUT2D eigenvalue weighted by Gasteiger charge is -2.14. The first-order chi connectivity index (χ1) is 8.04. The molecule has 4 heteroatoms. The second-order valence-electron chi connectivity index (χ2n) is 4.30. The molecule has 0 spiro atoms. The number of carbonyl (C=O) groups is 1. The van der Waals surface area contributed by atoms with Crippen LogP contribution in [0, 0.1) is 0 Å². The summed E-state index contributed by atoms with van der Waals surface area (Å²) in [4.78, 5) is 10.9. The fourth-order valence-electron chi connectivity index (χ4n) is 1.64. The summed E-state index contributed by atoms with van der Waals surface area (Å²) in [6, 6.07) is 0. The minimum Gasteiger partial charge on any atom is -0.462 e. The molecule has 0 aromatic carbocycles. The van der Waals surface area contributed by atoms with Gasteiger partial charge in [0.25, 0.3) is 0 Å². The van der Waals surface area contributed by atoms with Crippen LogP contribution in [0.4, 0.5) is 8.78 Å². The molecule has 0 saturated heterocycles. The lowest BCUT2D eigenvalue weighted by atomic mass is 10.1. The van der Waals surface area contributed by atoms with E-state index in [4.69, 9.17) is 0 Å². The Morgan fingerprint density at radius 2 is 1.53 bits per heavy atom. The average molecular weight is 250 g/mol. The van der Waals surface area contributed by atoms with E-state index in [1.807, 2.05) is 0 Å². The first kappa shape index (κ1) is 16.3. The highest BCUT2D eigenvalue weighted by atomic mass is 19.3. The van der Waals surface area contributed by atoms with Crippen LogP contribution in [0.15, 0.2) is 0 Å². The molecular weight excluding hydrogens is 226 g/mol. The highest BCUT2D eigenvalue weighted by Gasteiger charge is 2.39. The van der Waals surface area contributed by atoms with Crippen molar-refractivity contribution in [1.29, 1.82) is 0 Å². The van der Waals surface area contributed by atoms with E-state index in [-0.39, 0.29) is 13.0 Å². The zero-order chi connectivity index (χ0) is 13.1. The van der Waals surface area contributed by atoms with Crippen molar-refractivity contribution in [3.05, 3.63) is 0 Å². The van der Waals surface area contributed by atoms with Crippen LogP contribution in [0.1, 0.15) is 65.2 Å². The first-order valence-electron chi connectivity index (χ1n) is 6.59. The Bertz CT molecular complexity index is 206. The van der Waals surface area contributed by atoms with Crippen molar-refractivity contribution in [3.63, 3.8) is 0 Å². The second kappa shape index (κ2) is 9.37. The van der Waals surface area contributed by atoms with E-state index in [9.17, 15) is 13.6 Å². The molecule has 2 nitrogen and oxygen atoms in total. The van der Waals surface area contributed by atoms with Gasteiger partial charge in [-0.1, -0.05) is 45.4 Å². The van der Waals surface area contributed by atoms with Gasteiger partial charge in [-0.25, -0.2) is 4.79 Å². The van der Waals surface area contributed by atoms with Crippen LogP contribution in [0.25, 0.3) is 0 Å². The fourth-order valence-corrected chi connectivity index (χ4v) is 1.64. The zero-order valence-electron chi connectivity index (χ0n) is 10.9. The molecule has 0 aliphatic heterocycles. The Hall–Kier alpha value is -0.670. The van der Waals surface area contributed by atoms with E-state index in [1.54, 1.807) is 0 Å². The molecule has 0 aromatic rings. The van der Waals surface area contributed by atoms with Gasteiger partial charge in [-0.15, -0.1) is 0 Å². The van der Waals surface area contributed by atoms with Crippen molar-refractivity contribution < 1.29 is 18.3 Å². The lowest BCUT2D eigenvalue weighted by molar-refractivity contribution is -0.172. The predicted molar refractivity (Wildman–Crippen MR) is 64.2 cm³/mol. The molecule has 0 aromatic heterocycles. The standard InChI is InChI=1S/C13H24F2O2/c1-3-5-6-7-8-9-10-11-13(14,15)12(16)17-4-2/h3-11H2,1-2H3. The van der Waals surface area contributed by atoms with Gasteiger partial charge in [0.2, 0.25) is 0 Å². The van der Waals surface area contributed by atoms with E-state index < -0.39 is 11.9 Å². The minimum atomic E-state index is -3.31. The first-order valence-corrected chi connectivity index (χ1v) is 6.59. The van der Waals surface area contributed by atoms with Gasteiger partial charge in [0.1, 0.15) is 0 Å². The third-order valence-corrected chi connectivity index (χ3v) is 2.67. The Morgan fingerprint density at radius 1 is 1.00 bits per heavy atom. The van der Waals surface area contributed by atoms with Gasteiger partial charge in [-0.2, -0.15) is 8.78 Å². The van der Waals surface area contributed by atoms with Gasteiger partial charge < -0.3 is 4.74 Å². The summed E-state index contributed by atoms with van der Waals surface area (Å²) < 4.78 is 30.6. The van der Waals surface area contributed by atoms with Crippen LogP contribution in [0.5, 0.6) is 0 Å². The normalized spacial score (nSPS) is 11.5. The van der Waals surface area contributed by atoms with Crippen molar-refractivity contribution in [2.75, 3.05) is 6.61 Å². The highest BCUT2D eigenvalue weighted by Crippen LogP contribution is 2.23. The van der Waals surface area contributed by atoms with E-state index in [1.165, 1.54) is 26.2 Å². The van der Waals surface area contributed by atoms with Gasteiger partial charge in [-0.05, 0) is 13.3 Å². The van der Waals surface area contributed by atoms with Gasteiger partial charge in [-0.3, -0.25) is 0 Å². The molecule has 0 N–H and O–H groups in total. The third-order valence-electron chi connectivity index (χ3n) is 2.67. The van der Waals surface area contributed by atoms with Crippen molar-refractivity contribution in [2.24, 2.45) is 0 Å². The number of halogens is 2. The molecule has 0 radical (unpaired) electrons. The molecule has 0 fully saturated rings. The predicted octanol–water partition coefficient (Wildman–Crippen LogP) is 4.33. The van der Waals surface area contributed by atoms with Gasteiger partial charge in [0.05, 0.1) is 6.61 Å². The van der Waals surface area contributed by atoms with Crippen molar-refractivity contribution >= 4 is 5.97 Å². The summed E-state index contributed by atoms with van der Waals surface area (Å²) in [6.07, 6.45) is 6.39. The van der Waals surface area contributed by atoms with Crippen molar-refractivity contribution in [3.8, 4) is 0 Å². The Labute approximate surface area is 103 Å². The molecule has 0 aliphatic rings. The summed E-state index contributed by atoms with van der Waals surface area (Å²) in [7, 11) is 0. The van der Waals surface area contributed by atoms with Crippen LogP contribution >= 0.6 is 0 Å². The third kappa shape index (κ3) is 8.11. The highest BCUT2D eigenvalue weighted by molar-refractivity contribution is 5.77. The average Bonchev–Trinajstić information content (AvgIpc) is 2.28. The molecule has 0 unspecified atom stereocenters. The van der Waals surface area contributed by atoms with Crippen LogP contribution in [-0.4, -0.2) is 18.5 Å². The van der Waals surface area contributed by atoms with Gasteiger partial charge in [0, 0.05) is 6.42 Å². The van der Waals surface area contributed by atoms with Crippen molar-refractivity contribution in [1.82, 2.24) is 0 Å². The largest absolute Gasteiger partial charge is 0.462 e. The molecule has 17 heavy (non-hydrogen) atoms. The lowest BCUT2D eigenvalue weighted by Crippen LogP contribution is -2.30. The molecule has 0 saturated carbocycles. The molecule has 0 bridgehead atoms. The smallest absolute Gasteiger partial charge is 0.376 e. The van der Waals surface area contributed by atoms with E-state index in [0.717, 1.165) is 19.3 Å². The van der Waals surface area contributed by atoms with Crippen LogP contribution in [0.3, 0.4) is 0 Å². The van der Waals surface area contributed by atoms with Crippen molar-refractivity contribution in [2.45, 2.75) is 71.1 Å². The quantitative estimate of drug-likeness (QED) is 0.426. The molecule has 0 amide bonds. The molecule has 102 valence electrons. The van der Waals surface area contributed by atoms with E-state index in [0.29, 0.717) is 6.42 Å². The van der Waals surface area contributed by atoms with Gasteiger partial charge in [0.15, 0.2) is 0 Å². The Kier molecular flexibility index (Phi) is 9.00. The molecule has 0 rings (SSSR count). The summed E-state index contributed by atoms with van der Waals surface area (Å²) in [6.45, 7) is 3.67. The molecule has 0 aliphatic carbocycles. The van der Waals surface area contributed by atoms with E-state index >= 15 is 0 Å². The number of rotatable bonds is 10. The second-order valence-corrected chi connectivity index (χ2v) is 4.30. The van der Waals surface area contributed by atoms with E-state index in [2.05, 4.69) is 11.7 Å². The maximum atomic E-state index is 13.2. The topological polar surface area (TPSA) is 26.3 Å². The summed E-state index contributed by atoms with van der Waals surface area (Å²) in [5.74, 6) is -4.69.